The standard InChI is InChI=1S/C17H20N4O3S/c22-17(19-13-5-3-6-14(11-13)21(23)24)18-12-15(16-7-4-10-25-16)20-8-1-2-9-20/h3-7,10-11,15H,1-2,8-9,12H2,(H2,18,19,22)/t15-/m0/s1. The number of hydrogen-bond acceptors (Lipinski definition) is 5. The van der Waals surface area contributed by atoms with E-state index >= 15 is 0 Å². The largest absolute Gasteiger partial charge is 0.336 e. The second-order valence-corrected chi connectivity index (χ2v) is 6.90. The number of carbonyl (C=O) groups excluding carboxylic acids is 1. The molecule has 25 heavy (non-hydrogen) atoms. The zero-order valence-corrected chi connectivity index (χ0v) is 14.5. The zero-order valence-electron chi connectivity index (χ0n) is 13.7. The first-order chi connectivity index (χ1) is 12.1. The highest BCUT2D eigenvalue weighted by Crippen LogP contribution is 2.27. The van der Waals surface area contributed by atoms with Gasteiger partial charge in [0.1, 0.15) is 0 Å². The minimum Gasteiger partial charge on any atom is -0.336 e. The molecule has 1 saturated heterocycles. The van der Waals surface area contributed by atoms with Crippen LogP contribution in [-0.4, -0.2) is 35.5 Å². The molecule has 2 heterocycles. The Morgan fingerprint density at radius 3 is 2.76 bits per heavy atom. The molecule has 132 valence electrons. The van der Waals surface area contributed by atoms with Crippen molar-refractivity contribution in [1.29, 1.82) is 0 Å². The lowest BCUT2D eigenvalue weighted by Gasteiger charge is -2.26. The molecule has 0 saturated carbocycles. The van der Waals surface area contributed by atoms with Gasteiger partial charge >= 0.3 is 6.03 Å². The number of amides is 2. The molecule has 1 aliphatic heterocycles. The molecule has 0 aliphatic carbocycles. The Labute approximate surface area is 149 Å². The molecule has 1 atom stereocenters. The number of hydrogen-bond donors (Lipinski definition) is 2. The van der Waals surface area contributed by atoms with Crippen LogP contribution in [0.1, 0.15) is 23.8 Å². The van der Waals surface area contributed by atoms with E-state index in [1.54, 1.807) is 23.5 Å². The Kier molecular flexibility index (Phi) is 5.62. The molecule has 2 amide bonds. The number of likely N-dealkylation sites (tertiary alicyclic amines) is 1. The van der Waals surface area contributed by atoms with E-state index in [0.29, 0.717) is 12.2 Å². The number of benzene rings is 1. The van der Waals surface area contributed by atoms with Crippen molar-refractivity contribution in [1.82, 2.24) is 10.2 Å². The van der Waals surface area contributed by atoms with Crippen molar-refractivity contribution in [3.8, 4) is 0 Å². The first-order valence-corrected chi connectivity index (χ1v) is 9.08. The minimum atomic E-state index is -0.483. The van der Waals surface area contributed by atoms with Crippen LogP contribution in [0.15, 0.2) is 41.8 Å². The molecule has 2 aromatic rings. The van der Waals surface area contributed by atoms with Crippen molar-refractivity contribution in [2.75, 3.05) is 25.0 Å². The minimum absolute atomic E-state index is 0.0497. The van der Waals surface area contributed by atoms with Gasteiger partial charge in [-0.15, -0.1) is 11.3 Å². The van der Waals surface area contributed by atoms with Crippen molar-refractivity contribution in [2.24, 2.45) is 0 Å². The Morgan fingerprint density at radius 2 is 2.08 bits per heavy atom. The number of non-ortho nitro benzene ring substituents is 1. The Hall–Kier alpha value is -2.45. The summed E-state index contributed by atoms with van der Waals surface area (Å²) in [7, 11) is 0. The second kappa shape index (κ2) is 8.09. The maximum Gasteiger partial charge on any atom is 0.319 e. The van der Waals surface area contributed by atoms with E-state index in [4.69, 9.17) is 0 Å². The summed E-state index contributed by atoms with van der Waals surface area (Å²) in [4.78, 5) is 26.1. The molecular weight excluding hydrogens is 340 g/mol. The van der Waals surface area contributed by atoms with Gasteiger partial charge in [0, 0.05) is 29.2 Å². The highest BCUT2D eigenvalue weighted by molar-refractivity contribution is 7.10. The quantitative estimate of drug-likeness (QED) is 0.608. The molecule has 0 radical (unpaired) electrons. The van der Waals surface area contributed by atoms with Gasteiger partial charge in [0.05, 0.1) is 11.0 Å². The molecule has 1 aliphatic rings. The number of nitro benzene ring substituents is 1. The lowest BCUT2D eigenvalue weighted by atomic mass is 10.2. The highest BCUT2D eigenvalue weighted by Gasteiger charge is 2.24. The third-order valence-electron chi connectivity index (χ3n) is 4.22. The van der Waals surface area contributed by atoms with E-state index in [1.807, 2.05) is 11.4 Å². The van der Waals surface area contributed by atoms with Gasteiger partial charge in [-0.2, -0.15) is 0 Å². The summed E-state index contributed by atoms with van der Waals surface area (Å²) in [6.07, 6.45) is 2.36. The Balaban J connectivity index is 1.60. The molecular formula is C17H20N4O3S. The number of rotatable bonds is 6. The lowest BCUT2D eigenvalue weighted by Crippen LogP contribution is -2.38. The fraction of sp³-hybridized carbons (Fsp3) is 0.353. The molecule has 0 spiro atoms. The molecule has 1 fully saturated rings. The van der Waals surface area contributed by atoms with E-state index in [1.165, 1.54) is 29.9 Å². The third-order valence-corrected chi connectivity index (χ3v) is 5.20. The summed E-state index contributed by atoms with van der Waals surface area (Å²) in [5, 5.41) is 18.4. The predicted molar refractivity (Wildman–Crippen MR) is 98.0 cm³/mol. The van der Waals surface area contributed by atoms with E-state index in [-0.39, 0.29) is 17.8 Å². The van der Waals surface area contributed by atoms with E-state index in [9.17, 15) is 14.9 Å². The van der Waals surface area contributed by atoms with Crippen LogP contribution < -0.4 is 10.6 Å². The van der Waals surface area contributed by atoms with Crippen LogP contribution in [0, 0.1) is 10.1 Å². The van der Waals surface area contributed by atoms with Gasteiger partial charge in [-0.25, -0.2) is 4.79 Å². The van der Waals surface area contributed by atoms with Crippen LogP contribution in [0.25, 0.3) is 0 Å². The smallest absolute Gasteiger partial charge is 0.319 e. The van der Waals surface area contributed by atoms with Crippen molar-refractivity contribution in [3.05, 3.63) is 56.8 Å². The highest BCUT2D eigenvalue weighted by atomic mass is 32.1. The number of urea groups is 1. The van der Waals surface area contributed by atoms with E-state index in [0.717, 1.165) is 13.1 Å². The number of anilines is 1. The molecule has 8 heteroatoms. The summed E-state index contributed by atoms with van der Waals surface area (Å²) < 4.78 is 0. The fourth-order valence-corrected chi connectivity index (χ4v) is 3.87. The monoisotopic (exact) mass is 360 g/mol. The average Bonchev–Trinajstić information content (AvgIpc) is 3.29. The van der Waals surface area contributed by atoms with Crippen LogP contribution in [0.4, 0.5) is 16.2 Å². The van der Waals surface area contributed by atoms with Gasteiger partial charge in [-0.1, -0.05) is 12.1 Å². The number of nitro groups is 1. The van der Waals surface area contributed by atoms with Gasteiger partial charge < -0.3 is 10.6 Å². The van der Waals surface area contributed by atoms with Crippen molar-refractivity contribution >= 4 is 28.7 Å². The number of nitrogens with one attached hydrogen (secondary N) is 2. The Morgan fingerprint density at radius 1 is 1.28 bits per heavy atom. The summed E-state index contributed by atoms with van der Waals surface area (Å²) in [6.45, 7) is 2.58. The third kappa shape index (κ3) is 4.55. The molecule has 0 unspecified atom stereocenters. The molecule has 1 aromatic heterocycles. The van der Waals surface area contributed by atoms with Gasteiger partial charge in [0.25, 0.3) is 5.69 Å². The molecule has 7 nitrogen and oxygen atoms in total. The summed E-state index contributed by atoms with van der Waals surface area (Å²) >= 11 is 1.69. The fourth-order valence-electron chi connectivity index (χ4n) is 3.01. The van der Waals surface area contributed by atoms with E-state index < -0.39 is 4.92 Å². The maximum atomic E-state index is 12.2. The Bertz CT molecular complexity index is 729. The van der Waals surface area contributed by atoms with Gasteiger partial charge in [-0.3, -0.25) is 15.0 Å². The van der Waals surface area contributed by atoms with Gasteiger partial charge in [0.2, 0.25) is 0 Å². The topological polar surface area (TPSA) is 87.5 Å². The second-order valence-electron chi connectivity index (χ2n) is 5.92. The molecule has 1 aromatic carbocycles. The van der Waals surface area contributed by atoms with Crippen LogP contribution in [0.2, 0.25) is 0 Å². The van der Waals surface area contributed by atoms with Gasteiger partial charge in [0.15, 0.2) is 0 Å². The predicted octanol–water partition coefficient (Wildman–Crippen LogP) is 3.61. The van der Waals surface area contributed by atoms with Crippen LogP contribution >= 0.6 is 11.3 Å². The SMILES string of the molecule is O=C(NC[C@@H](c1cccs1)N1CCCC1)Nc1cccc([N+](=O)[O-])c1. The van der Waals surface area contributed by atoms with Crippen molar-refractivity contribution in [3.63, 3.8) is 0 Å². The number of nitrogens with zero attached hydrogens (tertiary/aromatic N) is 2. The van der Waals surface area contributed by atoms with Crippen LogP contribution in [0.3, 0.4) is 0 Å². The summed E-state index contributed by atoms with van der Waals surface area (Å²) in [5.41, 5.74) is 0.354. The average molecular weight is 360 g/mol. The maximum absolute atomic E-state index is 12.2. The first-order valence-electron chi connectivity index (χ1n) is 8.20. The van der Waals surface area contributed by atoms with Crippen molar-refractivity contribution < 1.29 is 9.72 Å². The van der Waals surface area contributed by atoms with E-state index in [2.05, 4.69) is 21.6 Å². The number of thiophene rings is 1. The zero-order chi connectivity index (χ0) is 17.6. The van der Waals surface area contributed by atoms with Crippen LogP contribution in [0.5, 0.6) is 0 Å². The lowest BCUT2D eigenvalue weighted by molar-refractivity contribution is -0.384. The first kappa shape index (κ1) is 17.4. The summed E-state index contributed by atoms with van der Waals surface area (Å²) in [6, 6.07) is 9.83. The normalized spacial score (nSPS) is 15.7. The molecule has 0 bridgehead atoms. The molecule has 3 rings (SSSR count). The van der Waals surface area contributed by atoms with Gasteiger partial charge in [-0.05, 0) is 43.4 Å². The number of carbonyl (C=O) groups is 1. The summed E-state index contributed by atoms with van der Waals surface area (Å²) in [5.74, 6) is 0. The molecule has 2 N–H and O–H groups in total. The van der Waals surface area contributed by atoms with Crippen LogP contribution in [-0.2, 0) is 0 Å². The van der Waals surface area contributed by atoms with Crippen molar-refractivity contribution in [2.45, 2.75) is 18.9 Å².